The van der Waals surface area contributed by atoms with Gasteiger partial charge in [-0.3, -0.25) is 4.79 Å². The number of nitrogens with zero attached hydrogens (tertiary/aromatic N) is 2. The SMILES string of the molecule is C[C@H](O)[C@@H]1C(=O)N2CCc3ccc(-c4cccc(F)c4)cc3[C@@H]2C[C@@H]1N(C)S(=O)(=O)c1ccccc1. The molecule has 2 aliphatic rings. The summed E-state index contributed by atoms with van der Waals surface area (Å²) in [7, 11) is -2.41. The maximum atomic E-state index is 13.9. The highest BCUT2D eigenvalue weighted by Gasteiger charge is 2.49. The van der Waals surface area contributed by atoms with Crippen LogP contribution in [0.3, 0.4) is 0 Å². The first kappa shape index (κ1) is 24.6. The molecule has 0 unspecified atom stereocenters. The van der Waals surface area contributed by atoms with Crippen molar-refractivity contribution in [1.82, 2.24) is 9.21 Å². The van der Waals surface area contributed by atoms with Crippen LogP contribution >= 0.6 is 0 Å². The number of carbonyl (C=O) groups excluding carboxylic acids is 1. The van der Waals surface area contributed by atoms with Crippen LogP contribution in [-0.2, 0) is 21.2 Å². The molecule has 2 aliphatic heterocycles. The van der Waals surface area contributed by atoms with E-state index >= 15 is 0 Å². The minimum absolute atomic E-state index is 0.143. The van der Waals surface area contributed by atoms with Crippen molar-refractivity contribution >= 4 is 15.9 Å². The molecule has 8 heteroatoms. The number of rotatable bonds is 5. The first-order chi connectivity index (χ1) is 17.2. The lowest BCUT2D eigenvalue weighted by Crippen LogP contribution is -2.59. The van der Waals surface area contributed by atoms with Crippen LogP contribution in [0.5, 0.6) is 0 Å². The topological polar surface area (TPSA) is 77.9 Å². The molecule has 2 heterocycles. The predicted molar refractivity (Wildman–Crippen MR) is 135 cm³/mol. The molecule has 0 aliphatic carbocycles. The van der Waals surface area contributed by atoms with E-state index in [2.05, 4.69) is 0 Å². The van der Waals surface area contributed by atoms with Crippen molar-refractivity contribution in [1.29, 1.82) is 0 Å². The van der Waals surface area contributed by atoms with Crippen LogP contribution in [0.1, 0.15) is 30.5 Å². The number of aliphatic hydroxyl groups is 1. The second kappa shape index (κ2) is 9.42. The predicted octanol–water partition coefficient (Wildman–Crippen LogP) is 4.01. The van der Waals surface area contributed by atoms with Gasteiger partial charge in [-0.25, -0.2) is 12.8 Å². The molecule has 0 aromatic heterocycles. The van der Waals surface area contributed by atoms with Gasteiger partial charge in [-0.1, -0.05) is 42.5 Å². The van der Waals surface area contributed by atoms with E-state index in [9.17, 15) is 22.7 Å². The van der Waals surface area contributed by atoms with Crippen molar-refractivity contribution in [2.45, 2.75) is 42.8 Å². The molecule has 1 N–H and O–H groups in total. The van der Waals surface area contributed by atoms with Crippen molar-refractivity contribution in [3.8, 4) is 11.1 Å². The summed E-state index contributed by atoms with van der Waals surface area (Å²) in [6, 6.07) is 19.4. The number of piperidine rings is 1. The van der Waals surface area contributed by atoms with Crippen LogP contribution in [0.15, 0.2) is 77.7 Å². The number of halogens is 1. The first-order valence-corrected chi connectivity index (χ1v) is 13.5. The maximum Gasteiger partial charge on any atom is 0.243 e. The normalized spacial score (nSPS) is 22.8. The number of hydrogen-bond acceptors (Lipinski definition) is 4. The number of aliphatic hydroxyl groups excluding tert-OH is 1. The Labute approximate surface area is 211 Å². The van der Waals surface area contributed by atoms with Crippen molar-refractivity contribution in [2.24, 2.45) is 5.92 Å². The number of carbonyl (C=O) groups is 1. The summed E-state index contributed by atoms with van der Waals surface area (Å²) < 4.78 is 42.1. The third kappa shape index (κ3) is 4.23. The van der Waals surface area contributed by atoms with E-state index in [0.29, 0.717) is 19.4 Å². The molecule has 4 atom stereocenters. The Morgan fingerprint density at radius 2 is 1.75 bits per heavy atom. The Kier molecular flexibility index (Phi) is 6.44. The fraction of sp³-hybridized carbons (Fsp3) is 0.321. The Hall–Kier alpha value is -3.07. The van der Waals surface area contributed by atoms with Crippen LogP contribution in [0.4, 0.5) is 4.39 Å². The molecule has 0 bridgehead atoms. The molecule has 1 fully saturated rings. The summed E-state index contributed by atoms with van der Waals surface area (Å²) in [6.45, 7) is 2.04. The molecule has 188 valence electrons. The Bertz CT molecular complexity index is 1390. The summed E-state index contributed by atoms with van der Waals surface area (Å²) >= 11 is 0. The van der Waals surface area contributed by atoms with Gasteiger partial charge >= 0.3 is 0 Å². The standard InChI is InChI=1S/C28H29FN2O4S/c1-18(32)27-26(30(2)36(34,35)23-9-4-3-5-10-23)17-25-24-16-21(20-7-6-8-22(29)15-20)12-11-19(24)13-14-31(25)28(27)33/h3-12,15-16,18,25-27,32H,13-14,17H2,1-2H3/t18-,25-,26-,27-/m0/s1. The molecular formula is C28H29FN2O4S. The lowest BCUT2D eigenvalue weighted by atomic mass is 9.77. The molecule has 3 aromatic rings. The van der Waals surface area contributed by atoms with Crippen LogP contribution in [-0.4, -0.2) is 54.4 Å². The van der Waals surface area contributed by atoms with Gasteiger partial charge in [0.25, 0.3) is 0 Å². The maximum absolute atomic E-state index is 13.9. The Morgan fingerprint density at radius 1 is 1.03 bits per heavy atom. The third-order valence-corrected chi connectivity index (χ3v) is 9.41. The monoisotopic (exact) mass is 508 g/mol. The van der Waals surface area contributed by atoms with Gasteiger partial charge in [0.05, 0.1) is 23.0 Å². The summed E-state index contributed by atoms with van der Waals surface area (Å²) in [5.41, 5.74) is 3.60. The van der Waals surface area contributed by atoms with E-state index in [1.165, 1.54) is 35.6 Å². The summed E-state index contributed by atoms with van der Waals surface area (Å²) in [5, 5.41) is 10.6. The molecule has 1 saturated heterocycles. The largest absolute Gasteiger partial charge is 0.393 e. The number of amides is 1. The van der Waals surface area contributed by atoms with Gasteiger partial charge in [-0.15, -0.1) is 0 Å². The number of fused-ring (bicyclic) bond motifs is 3. The molecule has 1 amide bonds. The fourth-order valence-electron chi connectivity index (χ4n) is 5.63. The van der Waals surface area contributed by atoms with Crippen LogP contribution in [0.25, 0.3) is 11.1 Å². The van der Waals surface area contributed by atoms with Gasteiger partial charge in [0.1, 0.15) is 5.82 Å². The average Bonchev–Trinajstić information content (AvgIpc) is 2.88. The van der Waals surface area contributed by atoms with Crippen molar-refractivity contribution < 1.29 is 22.7 Å². The summed E-state index contributed by atoms with van der Waals surface area (Å²) in [6.07, 6.45) is -0.00304. The minimum Gasteiger partial charge on any atom is -0.393 e. The molecule has 0 radical (unpaired) electrons. The van der Waals surface area contributed by atoms with Crippen LogP contribution < -0.4 is 0 Å². The highest BCUT2D eigenvalue weighted by Crippen LogP contribution is 2.43. The Morgan fingerprint density at radius 3 is 2.44 bits per heavy atom. The van der Waals surface area contributed by atoms with Crippen molar-refractivity contribution in [2.75, 3.05) is 13.6 Å². The van der Waals surface area contributed by atoms with E-state index in [1.54, 1.807) is 36.1 Å². The van der Waals surface area contributed by atoms with Gasteiger partial charge in [0.15, 0.2) is 0 Å². The second-order valence-electron chi connectivity index (χ2n) is 9.63. The zero-order chi connectivity index (χ0) is 25.6. The first-order valence-electron chi connectivity index (χ1n) is 12.1. The third-order valence-electron chi connectivity index (χ3n) is 7.52. The van der Waals surface area contributed by atoms with Gasteiger partial charge in [-0.05, 0) is 72.4 Å². The molecule has 5 rings (SSSR count). The summed E-state index contributed by atoms with van der Waals surface area (Å²) in [5.74, 6) is -1.45. The second-order valence-corrected chi connectivity index (χ2v) is 11.6. The highest BCUT2D eigenvalue weighted by atomic mass is 32.2. The van der Waals surface area contributed by atoms with Gasteiger partial charge in [0.2, 0.25) is 15.9 Å². The fourth-order valence-corrected chi connectivity index (χ4v) is 7.04. The minimum atomic E-state index is -3.89. The van der Waals surface area contributed by atoms with Crippen molar-refractivity contribution in [3.05, 3.63) is 89.7 Å². The van der Waals surface area contributed by atoms with Crippen LogP contribution in [0.2, 0.25) is 0 Å². The van der Waals surface area contributed by atoms with Crippen molar-refractivity contribution in [3.63, 3.8) is 0 Å². The molecule has 3 aromatic carbocycles. The van der Waals surface area contributed by atoms with E-state index in [-0.39, 0.29) is 22.7 Å². The summed E-state index contributed by atoms with van der Waals surface area (Å²) in [4.78, 5) is 15.6. The number of benzene rings is 3. The lowest BCUT2D eigenvalue weighted by Gasteiger charge is -2.49. The molecule has 0 spiro atoms. The molecule has 0 saturated carbocycles. The van der Waals surface area contributed by atoms with Gasteiger partial charge in [0, 0.05) is 19.6 Å². The zero-order valence-electron chi connectivity index (χ0n) is 20.2. The smallest absolute Gasteiger partial charge is 0.243 e. The lowest BCUT2D eigenvalue weighted by molar-refractivity contribution is -0.150. The van der Waals surface area contributed by atoms with E-state index in [1.807, 2.05) is 24.3 Å². The van der Waals surface area contributed by atoms with E-state index < -0.39 is 28.1 Å². The van der Waals surface area contributed by atoms with Crippen LogP contribution in [0, 0.1) is 11.7 Å². The molecule has 6 nitrogen and oxygen atoms in total. The van der Waals surface area contributed by atoms with Gasteiger partial charge in [-0.2, -0.15) is 4.31 Å². The van der Waals surface area contributed by atoms with E-state index in [0.717, 1.165) is 22.3 Å². The molecular weight excluding hydrogens is 479 g/mol. The Balaban J connectivity index is 1.56. The quantitative estimate of drug-likeness (QED) is 0.565. The highest BCUT2D eigenvalue weighted by molar-refractivity contribution is 7.89. The number of sulfonamides is 1. The number of hydrogen-bond donors (Lipinski definition) is 1. The van der Waals surface area contributed by atoms with Gasteiger partial charge < -0.3 is 10.0 Å². The van der Waals surface area contributed by atoms with E-state index in [4.69, 9.17) is 0 Å². The molecule has 36 heavy (non-hydrogen) atoms. The average molecular weight is 509 g/mol. The zero-order valence-corrected chi connectivity index (χ0v) is 21.0.